The van der Waals surface area contributed by atoms with Crippen molar-refractivity contribution in [3.8, 4) is 17.0 Å². The SMILES string of the molecule is CC(C)(F)CN1CCC(COc2ccc(-c3ccc(C(=O)N4CCCC[C@@H]4C(N)=O)cc3F)cn2)CC1. The van der Waals surface area contributed by atoms with E-state index in [4.69, 9.17) is 10.5 Å². The molecule has 2 saturated heterocycles. The van der Waals surface area contributed by atoms with Gasteiger partial charge in [0, 0.05) is 42.0 Å². The van der Waals surface area contributed by atoms with E-state index in [0.29, 0.717) is 49.0 Å². The molecule has 0 unspecified atom stereocenters. The van der Waals surface area contributed by atoms with E-state index >= 15 is 0 Å². The van der Waals surface area contributed by atoms with Crippen LogP contribution in [0.3, 0.4) is 0 Å². The molecule has 1 atom stereocenters. The summed E-state index contributed by atoms with van der Waals surface area (Å²) in [5.41, 5.74) is 5.35. The number of halogens is 2. The van der Waals surface area contributed by atoms with Gasteiger partial charge in [0.05, 0.1) is 6.61 Å². The van der Waals surface area contributed by atoms with E-state index in [0.717, 1.165) is 38.8 Å². The molecule has 9 heteroatoms. The molecule has 37 heavy (non-hydrogen) atoms. The van der Waals surface area contributed by atoms with E-state index in [1.54, 1.807) is 44.3 Å². The van der Waals surface area contributed by atoms with E-state index in [1.165, 1.54) is 11.0 Å². The van der Waals surface area contributed by atoms with Gasteiger partial charge in [-0.25, -0.2) is 13.8 Å². The van der Waals surface area contributed by atoms with E-state index < -0.39 is 29.3 Å². The first-order valence-corrected chi connectivity index (χ1v) is 13.0. The van der Waals surface area contributed by atoms with Crippen LogP contribution in [0.25, 0.3) is 11.1 Å². The van der Waals surface area contributed by atoms with Gasteiger partial charge in [-0.05, 0) is 83.2 Å². The second kappa shape index (κ2) is 11.5. The topological polar surface area (TPSA) is 88.8 Å². The zero-order valence-corrected chi connectivity index (χ0v) is 21.6. The first-order valence-electron chi connectivity index (χ1n) is 13.0. The van der Waals surface area contributed by atoms with Crippen LogP contribution in [0.1, 0.15) is 56.3 Å². The highest BCUT2D eigenvalue weighted by Gasteiger charge is 2.31. The lowest BCUT2D eigenvalue weighted by atomic mass is 9.97. The molecule has 2 amide bonds. The van der Waals surface area contributed by atoms with Crippen molar-refractivity contribution < 1.29 is 23.1 Å². The third-order valence-electron chi connectivity index (χ3n) is 7.13. The summed E-state index contributed by atoms with van der Waals surface area (Å²) in [6.07, 6.45) is 5.58. The van der Waals surface area contributed by atoms with Gasteiger partial charge in [0.1, 0.15) is 17.5 Å². The summed E-state index contributed by atoms with van der Waals surface area (Å²) in [7, 11) is 0. The van der Waals surface area contributed by atoms with Crippen LogP contribution in [-0.4, -0.2) is 71.1 Å². The number of benzene rings is 1. The zero-order valence-electron chi connectivity index (χ0n) is 21.6. The summed E-state index contributed by atoms with van der Waals surface area (Å²) in [5, 5.41) is 0. The fraction of sp³-hybridized carbons (Fsp3) is 0.536. The summed E-state index contributed by atoms with van der Waals surface area (Å²) in [4.78, 5) is 32.6. The van der Waals surface area contributed by atoms with Gasteiger partial charge in [-0.2, -0.15) is 0 Å². The number of rotatable bonds is 8. The van der Waals surface area contributed by atoms with Gasteiger partial charge in [-0.15, -0.1) is 0 Å². The largest absolute Gasteiger partial charge is 0.477 e. The first-order chi connectivity index (χ1) is 17.6. The lowest BCUT2D eigenvalue weighted by Crippen LogP contribution is -2.50. The Morgan fingerprint density at radius 3 is 2.49 bits per heavy atom. The molecule has 0 saturated carbocycles. The number of alkyl halides is 1. The quantitative estimate of drug-likeness (QED) is 0.570. The number of carbonyl (C=O) groups is 2. The Morgan fingerprint density at radius 2 is 1.86 bits per heavy atom. The third-order valence-corrected chi connectivity index (χ3v) is 7.13. The van der Waals surface area contributed by atoms with Crippen LogP contribution >= 0.6 is 0 Å². The van der Waals surface area contributed by atoms with E-state index in [-0.39, 0.29) is 5.56 Å². The fourth-order valence-corrected chi connectivity index (χ4v) is 5.19. The number of hydrogen-bond donors (Lipinski definition) is 1. The number of carbonyl (C=O) groups excluding carboxylic acids is 2. The van der Waals surface area contributed by atoms with Crippen LogP contribution in [-0.2, 0) is 4.79 Å². The second-order valence-corrected chi connectivity index (χ2v) is 10.7. The van der Waals surface area contributed by atoms with E-state index in [2.05, 4.69) is 9.88 Å². The minimum atomic E-state index is -1.19. The molecule has 2 aliphatic heterocycles. The van der Waals surface area contributed by atoms with Crippen LogP contribution in [0, 0.1) is 11.7 Å². The number of pyridine rings is 1. The number of likely N-dealkylation sites (tertiary alicyclic amines) is 2. The number of amides is 2. The highest BCUT2D eigenvalue weighted by atomic mass is 19.1. The number of primary amides is 1. The van der Waals surface area contributed by atoms with Crippen LogP contribution in [0.4, 0.5) is 8.78 Å². The van der Waals surface area contributed by atoms with E-state index in [1.807, 2.05) is 0 Å². The molecular formula is C28H36F2N4O3. The van der Waals surface area contributed by atoms with Crippen molar-refractivity contribution in [2.75, 3.05) is 32.8 Å². The van der Waals surface area contributed by atoms with Gasteiger partial charge in [0.25, 0.3) is 5.91 Å². The predicted molar refractivity (Wildman–Crippen MR) is 137 cm³/mol. The maximum absolute atomic E-state index is 15.0. The van der Waals surface area contributed by atoms with Crippen molar-refractivity contribution in [3.05, 3.63) is 47.9 Å². The number of hydrogen-bond acceptors (Lipinski definition) is 5. The Bertz CT molecular complexity index is 1100. The monoisotopic (exact) mass is 514 g/mol. The number of nitrogens with two attached hydrogens (primary N) is 1. The van der Waals surface area contributed by atoms with Crippen LogP contribution in [0.2, 0.25) is 0 Å². The molecule has 2 aromatic rings. The number of aromatic nitrogens is 1. The Kier molecular flexibility index (Phi) is 8.42. The molecule has 200 valence electrons. The average molecular weight is 515 g/mol. The molecule has 1 aromatic carbocycles. The van der Waals surface area contributed by atoms with Gasteiger partial charge in [-0.3, -0.25) is 9.59 Å². The van der Waals surface area contributed by atoms with Gasteiger partial charge >= 0.3 is 0 Å². The molecule has 1 aromatic heterocycles. The lowest BCUT2D eigenvalue weighted by molar-refractivity contribution is -0.123. The van der Waals surface area contributed by atoms with Gasteiger partial charge in [0.2, 0.25) is 11.8 Å². The Balaban J connectivity index is 1.33. The molecule has 2 aliphatic rings. The molecule has 2 fully saturated rings. The van der Waals surface area contributed by atoms with Gasteiger partial charge in [0.15, 0.2) is 0 Å². The second-order valence-electron chi connectivity index (χ2n) is 10.7. The smallest absolute Gasteiger partial charge is 0.254 e. The summed E-state index contributed by atoms with van der Waals surface area (Å²) in [6, 6.07) is 7.10. The van der Waals surface area contributed by atoms with Crippen molar-refractivity contribution in [2.24, 2.45) is 11.7 Å². The van der Waals surface area contributed by atoms with Crippen molar-refractivity contribution in [3.63, 3.8) is 0 Å². The normalized spacial score (nSPS) is 19.6. The van der Waals surface area contributed by atoms with Crippen LogP contribution in [0.15, 0.2) is 36.5 Å². The highest BCUT2D eigenvalue weighted by molar-refractivity contribution is 5.97. The molecular weight excluding hydrogens is 478 g/mol. The van der Waals surface area contributed by atoms with Crippen LogP contribution < -0.4 is 10.5 Å². The summed E-state index contributed by atoms with van der Waals surface area (Å²) < 4.78 is 34.7. The lowest BCUT2D eigenvalue weighted by Gasteiger charge is -2.34. The van der Waals surface area contributed by atoms with Gasteiger partial charge < -0.3 is 20.3 Å². The molecule has 7 nitrogen and oxygen atoms in total. The van der Waals surface area contributed by atoms with Crippen molar-refractivity contribution in [1.29, 1.82) is 0 Å². The molecule has 2 N–H and O–H groups in total. The molecule has 4 rings (SSSR count). The Hall–Kier alpha value is -3.07. The summed E-state index contributed by atoms with van der Waals surface area (Å²) in [5.74, 6) is -0.625. The molecule has 0 aliphatic carbocycles. The predicted octanol–water partition coefficient (Wildman–Crippen LogP) is 4.21. The number of piperidine rings is 2. The summed E-state index contributed by atoms with van der Waals surface area (Å²) in [6.45, 7) is 6.32. The minimum Gasteiger partial charge on any atom is -0.477 e. The highest BCUT2D eigenvalue weighted by Crippen LogP contribution is 2.27. The van der Waals surface area contributed by atoms with Crippen molar-refractivity contribution in [1.82, 2.24) is 14.8 Å². The van der Waals surface area contributed by atoms with Gasteiger partial charge in [-0.1, -0.05) is 6.07 Å². The number of ether oxygens (including phenoxy) is 1. The molecule has 3 heterocycles. The summed E-state index contributed by atoms with van der Waals surface area (Å²) >= 11 is 0. The van der Waals surface area contributed by atoms with Crippen molar-refractivity contribution in [2.45, 2.75) is 57.7 Å². The van der Waals surface area contributed by atoms with Crippen LogP contribution in [0.5, 0.6) is 5.88 Å². The zero-order chi connectivity index (χ0) is 26.6. The Morgan fingerprint density at radius 1 is 1.11 bits per heavy atom. The standard InChI is InChI=1S/C28H36F2N4O3/c1-28(2,30)18-33-13-10-19(11-14-33)17-37-25-9-7-21(16-32-25)22-8-6-20(15-23(22)29)27(36)34-12-4-3-5-24(34)26(31)35/h6-9,15-16,19,24H,3-5,10-14,17-18H2,1-2H3,(H2,31,35)/t24-/m1/s1. The first kappa shape index (κ1) is 27.0. The average Bonchev–Trinajstić information content (AvgIpc) is 2.87. The van der Waals surface area contributed by atoms with Crippen molar-refractivity contribution >= 4 is 11.8 Å². The molecule has 0 spiro atoms. The minimum absolute atomic E-state index is 0.184. The maximum Gasteiger partial charge on any atom is 0.254 e. The maximum atomic E-state index is 15.0. The fourth-order valence-electron chi connectivity index (χ4n) is 5.19. The van der Waals surface area contributed by atoms with E-state index in [9.17, 15) is 18.4 Å². The molecule has 0 bridgehead atoms. The number of nitrogens with zero attached hydrogens (tertiary/aromatic N) is 3. The Labute approximate surface area is 217 Å². The molecule has 0 radical (unpaired) electrons. The third kappa shape index (κ3) is 7.03.